The maximum absolute atomic E-state index is 12.7. The highest BCUT2D eigenvalue weighted by Gasteiger charge is 2.47. The Morgan fingerprint density at radius 1 is 1.12 bits per heavy atom. The Morgan fingerprint density at radius 2 is 1.81 bits per heavy atom. The molecule has 1 aliphatic rings. The minimum Gasteiger partial charge on any atom is -0.456 e. The fourth-order valence-corrected chi connectivity index (χ4v) is 4.02. The lowest BCUT2D eigenvalue weighted by molar-refractivity contribution is -0.173. The van der Waals surface area contributed by atoms with E-state index < -0.39 is 11.5 Å². The number of benzene rings is 2. The first kappa shape index (κ1) is 18.9. The van der Waals surface area contributed by atoms with Crippen LogP contribution in [0.5, 0.6) is 0 Å². The van der Waals surface area contributed by atoms with Crippen LogP contribution in [0.15, 0.2) is 48.5 Å². The summed E-state index contributed by atoms with van der Waals surface area (Å²) in [7, 11) is 0. The SMILES string of the molecule is CC(=O)C[C@@]1(C)C[C@H](c2cccc(Cl)c2)[C@H](c2ccc(Cl)cc2)OC1=O. The number of ketones is 1. The van der Waals surface area contributed by atoms with E-state index in [1.807, 2.05) is 36.4 Å². The summed E-state index contributed by atoms with van der Waals surface area (Å²) >= 11 is 12.2. The van der Waals surface area contributed by atoms with Gasteiger partial charge in [0.25, 0.3) is 0 Å². The maximum atomic E-state index is 12.7. The summed E-state index contributed by atoms with van der Waals surface area (Å²) in [6, 6.07) is 14.9. The Bertz CT molecular complexity index is 831. The van der Waals surface area contributed by atoms with Crippen molar-refractivity contribution in [1.29, 1.82) is 0 Å². The predicted molar refractivity (Wildman–Crippen MR) is 103 cm³/mol. The molecule has 2 aromatic rings. The number of carbonyl (C=O) groups is 2. The normalized spacial score (nSPS) is 25.6. The largest absolute Gasteiger partial charge is 0.456 e. The third kappa shape index (κ3) is 3.94. The summed E-state index contributed by atoms with van der Waals surface area (Å²) in [6.45, 7) is 3.30. The van der Waals surface area contributed by atoms with Crippen LogP contribution >= 0.6 is 23.2 Å². The first-order chi connectivity index (χ1) is 12.3. The van der Waals surface area contributed by atoms with Crippen LogP contribution in [0.25, 0.3) is 0 Å². The lowest BCUT2D eigenvalue weighted by Gasteiger charge is -2.41. The van der Waals surface area contributed by atoms with Crippen LogP contribution in [-0.4, -0.2) is 11.8 Å². The van der Waals surface area contributed by atoms with Gasteiger partial charge in [0, 0.05) is 22.4 Å². The molecule has 5 heteroatoms. The number of rotatable bonds is 4. The third-order valence-corrected chi connectivity index (χ3v) is 5.36. The smallest absolute Gasteiger partial charge is 0.312 e. The predicted octanol–water partition coefficient (Wildman–Crippen LogP) is 5.75. The van der Waals surface area contributed by atoms with Crippen molar-refractivity contribution in [2.24, 2.45) is 5.41 Å². The van der Waals surface area contributed by atoms with Gasteiger partial charge >= 0.3 is 5.97 Å². The maximum Gasteiger partial charge on any atom is 0.312 e. The van der Waals surface area contributed by atoms with Crippen molar-refractivity contribution in [2.75, 3.05) is 0 Å². The molecule has 1 heterocycles. The van der Waals surface area contributed by atoms with Gasteiger partial charge < -0.3 is 4.74 Å². The summed E-state index contributed by atoms with van der Waals surface area (Å²) in [5.41, 5.74) is 1.01. The van der Waals surface area contributed by atoms with Gasteiger partial charge in [-0.05, 0) is 55.7 Å². The Balaban J connectivity index is 2.03. The molecule has 3 rings (SSSR count). The molecule has 0 radical (unpaired) electrons. The van der Waals surface area contributed by atoms with E-state index in [1.165, 1.54) is 6.92 Å². The van der Waals surface area contributed by atoms with Crippen LogP contribution in [0.1, 0.15) is 49.8 Å². The molecule has 1 aliphatic heterocycles. The standard InChI is InChI=1S/C21H20Cl2O3/c1-13(24)11-21(2)12-18(15-4-3-5-17(23)10-15)19(26-20(21)25)14-6-8-16(22)9-7-14/h3-10,18-19H,11-12H2,1-2H3/t18-,19+,21+/m1/s1. The van der Waals surface area contributed by atoms with Crippen LogP contribution in [0.4, 0.5) is 0 Å². The molecular formula is C21H20Cl2O3. The third-order valence-electron chi connectivity index (χ3n) is 4.88. The molecule has 3 atom stereocenters. The van der Waals surface area contributed by atoms with Crippen molar-refractivity contribution >= 4 is 35.0 Å². The molecular weight excluding hydrogens is 371 g/mol. The van der Waals surface area contributed by atoms with Crippen LogP contribution in [-0.2, 0) is 14.3 Å². The highest BCUT2D eigenvalue weighted by atomic mass is 35.5. The molecule has 0 bridgehead atoms. The van der Waals surface area contributed by atoms with E-state index in [-0.39, 0.29) is 24.1 Å². The van der Waals surface area contributed by atoms with Crippen LogP contribution in [0, 0.1) is 5.41 Å². The molecule has 0 amide bonds. The van der Waals surface area contributed by atoms with Gasteiger partial charge in [-0.3, -0.25) is 9.59 Å². The van der Waals surface area contributed by atoms with Gasteiger partial charge in [0.1, 0.15) is 11.9 Å². The lowest BCUT2D eigenvalue weighted by atomic mass is 9.70. The Kier molecular flexibility index (Phi) is 5.40. The highest BCUT2D eigenvalue weighted by Crippen LogP contribution is 2.49. The van der Waals surface area contributed by atoms with Crippen LogP contribution in [0.3, 0.4) is 0 Å². The average Bonchev–Trinajstić information content (AvgIpc) is 2.57. The Labute approximate surface area is 163 Å². The summed E-state index contributed by atoms with van der Waals surface area (Å²) in [5, 5.41) is 1.25. The van der Waals surface area contributed by atoms with Gasteiger partial charge in [0.15, 0.2) is 0 Å². The number of ether oxygens (including phenoxy) is 1. The van der Waals surface area contributed by atoms with Gasteiger partial charge in [-0.25, -0.2) is 0 Å². The van der Waals surface area contributed by atoms with Crippen molar-refractivity contribution < 1.29 is 14.3 Å². The minimum atomic E-state index is -0.845. The number of Topliss-reactive ketones (excluding diaryl/α,β-unsaturated/α-hetero) is 1. The summed E-state index contributed by atoms with van der Waals surface area (Å²) < 4.78 is 5.86. The number of esters is 1. The molecule has 136 valence electrons. The molecule has 2 aromatic carbocycles. The molecule has 0 aromatic heterocycles. The molecule has 0 unspecified atom stereocenters. The van der Waals surface area contributed by atoms with E-state index >= 15 is 0 Å². The summed E-state index contributed by atoms with van der Waals surface area (Å²) in [6.07, 6.45) is 0.230. The Morgan fingerprint density at radius 3 is 2.42 bits per heavy atom. The van der Waals surface area contributed by atoms with E-state index in [4.69, 9.17) is 27.9 Å². The zero-order valence-corrected chi connectivity index (χ0v) is 16.2. The molecule has 0 aliphatic carbocycles. The average molecular weight is 391 g/mol. The number of hydrogen-bond donors (Lipinski definition) is 0. The number of carbonyl (C=O) groups excluding carboxylic acids is 2. The van der Waals surface area contributed by atoms with E-state index in [2.05, 4.69) is 0 Å². The van der Waals surface area contributed by atoms with Gasteiger partial charge in [-0.1, -0.05) is 47.5 Å². The van der Waals surface area contributed by atoms with Crippen molar-refractivity contribution in [3.63, 3.8) is 0 Å². The second-order valence-electron chi connectivity index (χ2n) is 7.18. The van der Waals surface area contributed by atoms with Crippen molar-refractivity contribution in [3.05, 3.63) is 69.7 Å². The first-order valence-corrected chi connectivity index (χ1v) is 9.25. The second-order valence-corrected chi connectivity index (χ2v) is 8.06. The van der Waals surface area contributed by atoms with E-state index in [0.717, 1.165) is 11.1 Å². The van der Waals surface area contributed by atoms with Crippen LogP contribution in [0.2, 0.25) is 10.0 Å². The van der Waals surface area contributed by atoms with Crippen LogP contribution < -0.4 is 0 Å². The zero-order valence-electron chi connectivity index (χ0n) is 14.7. The fraction of sp³-hybridized carbons (Fsp3) is 0.333. The van der Waals surface area contributed by atoms with E-state index in [1.54, 1.807) is 19.1 Å². The van der Waals surface area contributed by atoms with Gasteiger partial charge in [0.2, 0.25) is 0 Å². The number of halogens is 2. The number of hydrogen-bond acceptors (Lipinski definition) is 3. The summed E-state index contributed by atoms with van der Waals surface area (Å²) in [5.74, 6) is -0.470. The van der Waals surface area contributed by atoms with E-state index in [9.17, 15) is 9.59 Å². The number of cyclic esters (lactones) is 1. The van der Waals surface area contributed by atoms with Crippen molar-refractivity contribution in [1.82, 2.24) is 0 Å². The van der Waals surface area contributed by atoms with Gasteiger partial charge in [0.05, 0.1) is 5.41 Å². The summed E-state index contributed by atoms with van der Waals surface area (Å²) in [4.78, 5) is 24.4. The Hall–Kier alpha value is -1.84. The molecule has 1 saturated heterocycles. The fourth-order valence-electron chi connectivity index (χ4n) is 3.69. The highest BCUT2D eigenvalue weighted by molar-refractivity contribution is 6.30. The molecule has 0 spiro atoms. The minimum absolute atomic E-state index is 0.0285. The van der Waals surface area contributed by atoms with Gasteiger partial charge in [-0.15, -0.1) is 0 Å². The first-order valence-electron chi connectivity index (χ1n) is 8.50. The van der Waals surface area contributed by atoms with Crippen molar-refractivity contribution in [2.45, 2.75) is 38.7 Å². The zero-order chi connectivity index (χ0) is 18.9. The molecule has 0 N–H and O–H groups in total. The monoisotopic (exact) mass is 390 g/mol. The molecule has 0 saturated carbocycles. The second kappa shape index (κ2) is 7.42. The van der Waals surface area contributed by atoms with Crippen molar-refractivity contribution in [3.8, 4) is 0 Å². The molecule has 3 nitrogen and oxygen atoms in total. The lowest BCUT2D eigenvalue weighted by Crippen LogP contribution is -2.41. The molecule has 26 heavy (non-hydrogen) atoms. The van der Waals surface area contributed by atoms with E-state index in [0.29, 0.717) is 16.5 Å². The van der Waals surface area contributed by atoms with Gasteiger partial charge in [-0.2, -0.15) is 0 Å². The quantitative estimate of drug-likeness (QED) is 0.624. The topological polar surface area (TPSA) is 43.4 Å². The molecule has 1 fully saturated rings.